The molecule has 4 saturated carbocycles. The Morgan fingerprint density at radius 3 is 2.58 bits per heavy atom. The summed E-state index contributed by atoms with van der Waals surface area (Å²) >= 11 is 3.89. The molecule has 0 amide bonds. The van der Waals surface area contributed by atoms with Crippen LogP contribution in [0.25, 0.3) is 0 Å². The van der Waals surface area contributed by atoms with Crippen molar-refractivity contribution in [1.82, 2.24) is 0 Å². The van der Waals surface area contributed by atoms with Crippen molar-refractivity contribution in [2.45, 2.75) is 76.0 Å². The molecule has 2 unspecified atom stereocenters. The SMILES string of the molecule is C[C@@]12CCC[C@H]1[C@@H]1CCC3CC(Br)CC[C@@H]3[C@H]1CC2. The normalized spacial score (nSPS) is 57.2. The molecule has 4 aliphatic rings. The van der Waals surface area contributed by atoms with Gasteiger partial charge in [0.1, 0.15) is 0 Å². The predicted molar refractivity (Wildman–Crippen MR) is 84.4 cm³/mol. The fourth-order valence-electron chi connectivity index (χ4n) is 6.79. The molecular formula is C18H29Br. The molecule has 1 heteroatoms. The van der Waals surface area contributed by atoms with E-state index in [-0.39, 0.29) is 0 Å². The first-order valence-corrected chi connectivity index (χ1v) is 9.73. The summed E-state index contributed by atoms with van der Waals surface area (Å²) in [5.74, 6) is 5.53. The lowest BCUT2D eigenvalue weighted by Crippen LogP contribution is -2.47. The van der Waals surface area contributed by atoms with Gasteiger partial charge in [-0.15, -0.1) is 0 Å². The number of rotatable bonds is 0. The van der Waals surface area contributed by atoms with Gasteiger partial charge in [-0.25, -0.2) is 0 Å². The summed E-state index contributed by atoms with van der Waals surface area (Å²) in [5, 5.41) is 0. The molecule has 108 valence electrons. The van der Waals surface area contributed by atoms with Crippen LogP contribution in [-0.4, -0.2) is 4.83 Å². The van der Waals surface area contributed by atoms with Crippen LogP contribution < -0.4 is 0 Å². The Morgan fingerprint density at radius 1 is 0.842 bits per heavy atom. The lowest BCUT2D eigenvalue weighted by Gasteiger charge is -2.55. The third kappa shape index (κ3) is 2.05. The number of hydrogen-bond donors (Lipinski definition) is 0. The van der Waals surface area contributed by atoms with Crippen molar-refractivity contribution in [3.63, 3.8) is 0 Å². The molecule has 4 fully saturated rings. The van der Waals surface area contributed by atoms with E-state index in [1.807, 2.05) is 0 Å². The van der Waals surface area contributed by atoms with Gasteiger partial charge in [-0.1, -0.05) is 29.3 Å². The van der Waals surface area contributed by atoms with Gasteiger partial charge in [-0.05, 0) is 92.8 Å². The molecule has 0 heterocycles. The monoisotopic (exact) mass is 324 g/mol. The van der Waals surface area contributed by atoms with Crippen molar-refractivity contribution >= 4 is 15.9 Å². The lowest BCUT2D eigenvalue weighted by atomic mass is 9.51. The summed E-state index contributed by atoms with van der Waals surface area (Å²) in [6, 6.07) is 0. The van der Waals surface area contributed by atoms with Crippen LogP contribution in [0, 0.1) is 35.0 Å². The zero-order chi connectivity index (χ0) is 13.0. The lowest BCUT2D eigenvalue weighted by molar-refractivity contribution is -0.0482. The molecular weight excluding hydrogens is 296 g/mol. The number of halogens is 1. The van der Waals surface area contributed by atoms with E-state index >= 15 is 0 Å². The summed E-state index contributed by atoms with van der Waals surface area (Å²) in [7, 11) is 0. The Kier molecular flexibility index (Phi) is 3.29. The highest BCUT2D eigenvalue weighted by atomic mass is 79.9. The first-order valence-electron chi connectivity index (χ1n) is 8.81. The average molecular weight is 325 g/mol. The quantitative estimate of drug-likeness (QED) is 0.494. The molecule has 0 spiro atoms. The fourth-order valence-corrected chi connectivity index (χ4v) is 7.53. The highest BCUT2D eigenvalue weighted by Gasteiger charge is 2.53. The average Bonchev–Trinajstić information content (AvgIpc) is 2.79. The van der Waals surface area contributed by atoms with E-state index in [4.69, 9.17) is 0 Å². The maximum absolute atomic E-state index is 3.89. The first-order chi connectivity index (χ1) is 9.17. The molecule has 0 bridgehead atoms. The summed E-state index contributed by atoms with van der Waals surface area (Å²) in [6.45, 7) is 2.63. The van der Waals surface area contributed by atoms with E-state index in [1.54, 1.807) is 38.5 Å². The van der Waals surface area contributed by atoms with Crippen molar-refractivity contribution in [2.24, 2.45) is 35.0 Å². The van der Waals surface area contributed by atoms with Crippen LogP contribution >= 0.6 is 15.9 Å². The van der Waals surface area contributed by atoms with Gasteiger partial charge >= 0.3 is 0 Å². The Balaban J connectivity index is 1.56. The zero-order valence-corrected chi connectivity index (χ0v) is 14.0. The minimum absolute atomic E-state index is 0.751. The standard InChI is InChI=1S/C18H29Br/c1-18-9-2-3-17(18)16-6-4-12-11-13(19)5-7-14(12)15(16)8-10-18/h12-17H,2-11H2,1H3/t12?,13?,14-,15+,16+,17-,18-/m0/s1. The topological polar surface area (TPSA) is 0 Å². The zero-order valence-electron chi connectivity index (χ0n) is 12.4. The molecule has 0 saturated heterocycles. The number of hydrogen-bond acceptors (Lipinski definition) is 0. The van der Waals surface area contributed by atoms with Crippen molar-refractivity contribution in [3.8, 4) is 0 Å². The van der Waals surface area contributed by atoms with Crippen LogP contribution in [0.15, 0.2) is 0 Å². The smallest absolute Gasteiger partial charge is 0.0148 e. The third-order valence-electron chi connectivity index (χ3n) is 7.67. The molecule has 0 aromatic heterocycles. The minimum atomic E-state index is 0.751. The Bertz CT molecular complexity index is 352. The maximum atomic E-state index is 3.89. The van der Waals surface area contributed by atoms with Crippen molar-refractivity contribution in [2.75, 3.05) is 0 Å². The first kappa shape index (κ1) is 13.2. The largest absolute Gasteiger partial charge is 0.0891 e. The third-order valence-corrected chi connectivity index (χ3v) is 8.50. The van der Waals surface area contributed by atoms with Gasteiger partial charge in [0.25, 0.3) is 0 Å². The van der Waals surface area contributed by atoms with Gasteiger partial charge in [-0.2, -0.15) is 0 Å². The van der Waals surface area contributed by atoms with Crippen LogP contribution in [0.4, 0.5) is 0 Å². The van der Waals surface area contributed by atoms with E-state index in [2.05, 4.69) is 22.9 Å². The minimum Gasteiger partial charge on any atom is -0.0891 e. The van der Waals surface area contributed by atoms with Gasteiger partial charge in [0, 0.05) is 4.83 Å². The summed E-state index contributed by atoms with van der Waals surface area (Å²) < 4.78 is 0. The van der Waals surface area contributed by atoms with Crippen molar-refractivity contribution in [3.05, 3.63) is 0 Å². The molecule has 4 aliphatic carbocycles. The molecule has 0 aromatic rings. The summed E-state index contributed by atoms with van der Waals surface area (Å²) in [5.41, 5.74) is 0.751. The van der Waals surface area contributed by atoms with Gasteiger partial charge in [0.05, 0.1) is 0 Å². The fraction of sp³-hybridized carbons (Fsp3) is 1.00. The Hall–Kier alpha value is 0.480. The summed E-state index contributed by atoms with van der Waals surface area (Å²) in [6.07, 6.45) is 15.4. The molecule has 0 radical (unpaired) electrons. The van der Waals surface area contributed by atoms with E-state index < -0.39 is 0 Å². The number of alkyl halides is 1. The van der Waals surface area contributed by atoms with E-state index in [0.717, 1.165) is 39.8 Å². The van der Waals surface area contributed by atoms with Crippen LogP contribution in [0.5, 0.6) is 0 Å². The molecule has 4 rings (SSSR count). The van der Waals surface area contributed by atoms with E-state index in [0.29, 0.717) is 0 Å². The van der Waals surface area contributed by atoms with Gasteiger partial charge in [0.2, 0.25) is 0 Å². The van der Waals surface area contributed by atoms with E-state index in [9.17, 15) is 0 Å². The Morgan fingerprint density at radius 2 is 1.68 bits per heavy atom. The number of fused-ring (bicyclic) bond motifs is 5. The van der Waals surface area contributed by atoms with Gasteiger partial charge in [-0.3, -0.25) is 0 Å². The molecule has 0 N–H and O–H groups in total. The molecule has 0 aliphatic heterocycles. The van der Waals surface area contributed by atoms with Crippen LogP contribution in [0.1, 0.15) is 71.1 Å². The predicted octanol–water partition coefficient (Wildman–Crippen LogP) is 5.79. The second-order valence-electron chi connectivity index (χ2n) is 8.43. The molecule has 0 nitrogen and oxygen atoms in total. The molecule has 7 atom stereocenters. The van der Waals surface area contributed by atoms with E-state index in [1.165, 1.54) is 25.7 Å². The Labute approximate surface area is 127 Å². The molecule has 19 heavy (non-hydrogen) atoms. The summed E-state index contributed by atoms with van der Waals surface area (Å²) in [4.78, 5) is 0.839. The second kappa shape index (κ2) is 4.75. The highest BCUT2D eigenvalue weighted by Crippen LogP contribution is 2.62. The maximum Gasteiger partial charge on any atom is 0.0148 e. The van der Waals surface area contributed by atoms with Crippen LogP contribution in [-0.2, 0) is 0 Å². The van der Waals surface area contributed by atoms with Crippen LogP contribution in [0.2, 0.25) is 0 Å². The van der Waals surface area contributed by atoms with Crippen molar-refractivity contribution in [1.29, 1.82) is 0 Å². The second-order valence-corrected chi connectivity index (χ2v) is 9.73. The van der Waals surface area contributed by atoms with Crippen molar-refractivity contribution < 1.29 is 0 Å². The van der Waals surface area contributed by atoms with Crippen LogP contribution in [0.3, 0.4) is 0 Å². The van der Waals surface area contributed by atoms with Gasteiger partial charge in [0.15, 0.2) is 0 Å². The molecule has 0 aromatic carbocycles. The highest BCUT2D eigenvalue weighted by molar-refractivity contribution is 9.09. The van der Waals surface area contributed by atoms with Gasteiger partial charge < -0.3 is 0 Å².